The van der Waals surface area contributed by atoms with E-state index in [0.717, 1.165) is 64.2 Å². The molecule has 1 aromatic carbocycles. The van der Waals surface area contributed by atoms with Gasteiger partial charge >= 0.3 is 0 Å². The molecule has 2 N–H and O–H groups in total. The minimum absolute atomic E-state index is 0.0514. The fraction of sp³-hybridized carbons (Fsp3) is 0.448. The lowest BCUT2D eigenvalue weighted by atomic mass is 9.95. The second-order valence-electron chi connectivity index (χ2n) is 10.5. The summed E-state index contributed by atoms with van der Waals surface area (Å²) < 4.78 is 29.1. The van der Waals surface area contributed by atoms with E-state index in [4.69, 9.17) is 0 Å². The number of thiophene rings is 1. The van der Waals surface area contributed by atoms with Crippen LogP contribution in [0.1, 0.15) is 85.6 Å². The van der Waals surface area contributed by atoms with Crippen LogP contribution < -0.4 is 14.9 Å². The Balaban J connectivity index is 1.49. The first-order chi connectivity index (χ1) is 19.4. The minimum Gasteiger partial charge on any atom is -0.351 e. The molecule has 0 bridgehead atoms. The van der Waals surface area contributed by atoms with Crippen LogP contribution >= 0.6 is 11.3 Å². The molecule has 2 fully saturated rings. The van der Waals surface area contributed by atoms with Gasteiger partial charge in [0, 0.05) is 35.0 Å². The van der Waals surface area contributed by atoms with Gasteiger partial charge in [-0.15, -0.1) is 11.3 Å². The van der Waals surface area contributed by atoms with Gasteiger partial charge in [0.1, 0.15) is 5.69 Å². The van der Waals surface area contributed by atoms with E-state index in [1.807, 2.05) is 17.5 Å². The molecule has 1 atom stereocenters. The molecule has 0 radical (unpaired) electrons. The maximum absolute atomic E-state index is 13.9. The van der Waals surface area contributed by atoms with Crippen LogP contribution in [0.15, 0.2) is 65.3 Å². The number of hydrogen-bond donors (Lipinski definition) is 2. The van der Waals surface area contributed by atoms with Crippen LogP contribution in [0.3, 0.4) is 0 Å². The van der Waals surface area contributed by atoms with Crippen LogP contribution in [0.5, 0.6) is 0 Å². The standard InChI is InChI=1S/C29H35N5O4S2/c35-28(32-21-8-3-1-4-9-21)27(26-12-7-19-39-26)34(29(36)25-20-30-17-18-31-25)23-13-15-24(16-14-23)40(37,38)33-22-10-5-2-6-11-22/h7,12-22,27,33H,1-6,8-11H2,(H,32,35). The zero-order valence-corrected chi connectivity index (χ0v) is 24.0. The summed E-state index contributed by atoms with van der Waals surface area (Å²) >= 11 is 1.39. The zero-order valence-electron chi connectivity index (χ0n) is 22.4. The van der Waals surface area contributed by atoms with E-state index < -0.39 is 22.0 Å². The van der Waals surface area contributed by atoms with E-state index in [0.29, 0.717) is 10.6 Å². The SMILES string of the molecule is O=C(NC1CCCCC1)C(c1cccs1)N(C(=O)c1cnccn1)c1ccc(S(=O)(=O)NC2CCCCC2)cc1. The number of anilines is 1. The Bertz CT molecular complexity index is 1370. The molecule has 2 heterocycles. The lowest BCUT2D eigenvalue weighted by Gasteiger charge is -2.32. The molecular weight excluding hydrogens is 546 g/mol. The molecule has 2 aromatic heterocycles. The Morgan fingerprint density at radius 3 is 2.17 bits per heavy atom. The van der Waals surface area contributed by atoms with E-state index in [2.05, 4.69) is 20.0 Å². The predicted molar refractivity (Wildman–Crippen MR) is 155 cm³/mol. The zero-order chi connectivity index (χ0) is 28.0. The molecule has 9 nitrogen and oxygen atoms in total. The molecule has 2 aliphatic carbocycles. The molecule has 0 aliphatic heterocycles. The summed E-state index contributed by atoms with van der Waals surface area (Å²) in [5, 5.41) is 5.05. The van der Waals surface area contributed by atoms with E-state index in [1.165, 1.54) is 47.0 Å². The van der Waals surface area contributed by atoms with Crippen LogP contribution in [-0.2, 0) is 14.8 Å². The monoisotopic (exact) mass is 581 g/mol. The van der Waals surface area contributed by atoms with Gasteiger partial charge in [0.15, 0.2) is 6.04 Å². The highest BCUT2D eigenvalue weighted by molar-refractivity contribution is 7.89. The van der Waals surface area contributed by atoms with Crippen molar-refractivity contribution in [3.8, 4) is 0 Å². The van der Waals surface area contributed by atoms with Gasteiger partial charge in [-0.05, 0) is 61.4 Å². The van der Waals surface area contributed by atoms with E-state index in [9.17, 15) is 18.0 Å². The van der Waals surface area contributed by atoms with Crippen LogP contribution in [0, 0.1) is 0 Å². The predicted octanol–water partition coefficient (Wildman–Crippen LogP) is 4.99. The number of nitrogens with one attached hydrogen (secondary N) is 2. The molecule has 3 aromatic rings. The van der Waals surface area contributed by atoms with Gasteiger partial charge in [-0.25, -0.2) is 18.1 Å². The van der Waals surface area contributed by atoms with E-state index in [-0.39, 0.29) is 28.6 Å². The van der Waals surface area contributed by atoms with Crippen molar-refractivity contribution in [2.45, 2.75) is 87.2 Å². The molecule has 5 rings (SSSR count). The molecule has 1 unspecified atom stereocenters. The highest BCUT2D eigenvalue weighted by atomic mass is 32.2. The van der Waals surface area contributed by atoms with Gasteiger partial charge in [-0.1, -0.05) is 44.6 Å². The number of rotatable bonds is 9. The maximum Gasteiger partial charge on any atom is 0.279 e. The minimum atomic E-state index is -3.73. The van der Waals surface area contributed by atoms with Gasteiger partial charge in [0.25, 0.3) is 5.91 Å². The number of benzene rings is 1. The molecule has 212 valence electrons. The highest BCUT2D eigenvalue weighted by Crippen LogP contribution is 2.33. The molecule has 2 aliphatic rings. The Kier molecular flexibility index (Phi) is 9.23. The molecule has 2 saturated carbocycles. The fourth-order valence-electron chi connectivity index (χ4n) is 5.56. The quantitative estimate of drug-likeness (QED) is 0.367. The molecule has 0 spiro atoms. The molecule has 11 heteroatoms. The summed E-state index contributed by atoms with van der Waals surface area (Å²) in [6.07, 6.45) is 14.2. The average molecular weight is 582 g/mol. The smallest absolute Gasteiger partial charge is 0.279 e. The van der Waals surface area contributed by atoms with Crippen LogP contribution in [0.4, 0.5) is 5.69 Å². The Labute approximate surface area is 239 Å². The summed E-state index contributed by atoms with van der Waals surface area (Å²) in [5.74, 6) is -0.775. The van der Waals surface area contributed by atoms with Crippen LogP contribution in [0.2, 0.25) is 0 Å². The van der Waals surface area contributed by atoms with E-state index in [1.54, 1.807) is 12.1 Å². The van der Waals surface area contributed by atoms with Gasteiger partial charge in [-0.2, -0.15) is 0 Å². The number of aromatic nitrogens is 2. The number of sulfonamides is 1. The van der Waals surface area contributed by atoms with Crippen molar-refractivity contribution in [2.24, 2.45) is 0 Å². The van der Waals surface area contributed by atoms with Crippen molar-refractivity contribution in [2.75, 3.05) is 4.90 Å². The normalized spacial score (nSPS) is 17.7. The first kappa shape index (κ1) is 28.4. The maximum atomic E-state index is 13.9. The van der Waals surface area contributed by atoms with Gasteiger partial charge in [0.05, 0.1) is 11.1 Å². The third kappa shape index (κ3) is 6.76. The summed E-state index contributed by atoms with van der Waals surface area (Å²) in [7, 11) is -3.73. The first-order valence-electron chi connectivity index (χ1n) is 14.0. The van der Waals surface area contributed by atoms with Crippen molar-refractivity contribution in [3.63, 3.8) is 0 Å². The lowest BCUT2D eigenvalue weighted by Crippen LogP contribution is -2.47. The number of carbonyl (C=O) groups is 2. The summed E-state index contributed by atoms with van der Waals surface area (Å²) in [5.41, 5.74) is 0.481. The van der Waals surface area contributed by atoms with Crippen molar-refractivity contribution in [1.29, 1.82) is 0 Å². The third-order valence-corrected chi connectivity index (χ3v) is 10.1. The lowest BCUT2D eigenvalue weighted by molar-refractivity contribution is -0.123. The first-order valence-corrected chi connectivity index (χ1v) is 16.3. The van der Waals surface area contributed by atoms with Crippen molar-refractivity contribution in [1.82, 2.24) is 20.0 Å². The number of carbonyl (C=O) groups excluding carboxylic acids is 2. The largest absolute Gasteiger partial charge is 0.351 e. The Hall–Kier alpha value is -3.15. The molecule has 2 amide bonds. The summed E-state index contributed by atoms with van der Waals surface area (Å²) in [6, 6.07) is 8.84. The average Bonchev–Trinajstić information content (AvgIpc) is 3.51. The third-order valence-electron chi connectivity index (χ3n) is 7.62. The van der Waals surface area contributed by atoms with Crippen LogP contribution in [-0.4, -0.2) is 42.3 Å². The fourth-order valence-corrected chi connectivity index (χ4v) is 7.68. The van der Waals surface area contributed by atoms with Gasteiger partial charge < -0.3 is 5.32 Å². The second-order valence-corrected chi connectivity index (χ2v) is 13.2. The van der Waals surface area contributed by atoms with Crippen molar-refractivity contribution in [3.05, 3.63) is 70.9 Å². The second kappa shape index (κ2) is 13.0. The molecule has 0 saturated heterocycles. The van der Waals surface area contributed by atoms with E-state index >= 15 is 0 Å². The number of amides is 2. The highest BCUT2D eigenvalue weighted by Gasteiger charge is 2.36. The number of nitrogens with zero attached hydrogens (tertiary/aromatic N) is 3. The molecular formula is C29H35N5O4S2. The van der Waals surface area contributed by atoms with Crippen molar-refractivity contribution < 1.29 is 18.0 Å². The van der Waals surface area contributed by atoms with Gasteiger partial charge in [0.2, 0.25) is 15.9 Å². The summed E-state index contributed by atoms with van der Waals surface area (Å²) in [6.45, 7) is 0. The Morgan fingerprint density at radius 2 is 1.57 bits per heavy atom. The van der Waals surface area contributed by atoms with Crippen LogP contribution in [0.25, 0.3) is 0 Å². The topological polar surface area (TPSA) is 121 Å². The summed E-state index contributed by atoms with van der Waals surface area (Å²) in [4.78, 5) is 38.3. The van der Waals surface area contributed by atoms with Gasteiger partial charge in [-0.3, -0.25) is 19.5 Å². The Morgan fingerprint density at radius 1 is 0.900 bits per heavy atom. The number of hydrogen-bond acceptors (Lipinski definition) is 7. The van der Waals surface area contributed by atoms with Crippen molar-refractivity contribution >= 4 is 38.9 Å². The molecule has 40 heavy (non-hydrogen) atoms.